The third-order valence-electron chi connectivity index (χ3n) is 4.21. The number of hydrogen-bond acceptors (Lipinski definition) is 3. The second kappa shape index (κ2) is 5.17. The summed E-state index contributed by atoms with van der Waals surface area (Å²) in [5.74, 6) is 0. The molecule has 19 heavy (non-hydrogen) atoms. The van der Waals surface area contributed by atoms with Crippen molar-refractivity contribution in [3.05, 3.63) is 36.5 Å². The second-order valence-corrected chi connectivity index (χ2v) is 5.57. The first kappa shape index (κ1) is 12.4. The molecule has 0 aliphatic carbocycles. The van der Waals surface area contributed by atoms with Crippen LogP contribution in [0.15, 0.2) is 36.5 Å². The molecule has 1 fully saturated rings. The Labute approximate surface area is 114 Å². The number of rotatable bonds is 2. The lowest BCUT2D eigenvalue weighted by Crippen LogP contribution is -2.42. The quantitative estimate of drug-likeness (QED) is 0.893. The Kier molecular flexibility index (Phi) is 3.38. The molecular formula is C16H21N3. The molecule has 1 saturated heterocycles. The number of piperidine rings is 1. The number of benzene rings is 1. The molecule has 0 radical (unpaired) electrons. The van der Waals surface area contributed by atoms with Gasteiger partial charge in [-0.15, -0.1) is 0 Å². The maximum absolute atomic E-state index is 4.41. The molecule has 0 saturated carbocycles. The highest BCUT2D eigenvalue weighted by molar-refractivity contribution is 5.91. The van der Waals surface area contributed by atoms with Gasteiger partial charge in [0.1, 0.15) is 0 Å². The first-order valence-electron chi connectivity index (χ1n) is 7.04. The van der Waals surface area contributed by atoms with E-state index in [0.29, 0.717) is 12.1 Å². The molecule has 3 nitrogen and oxygen atoms in total. The van der Waals surface area contributed by atoms with Gasteiger partial charge in [0.2, 0.25) is 0 Å². The Morgan fingerprint density at radius 3 is 3.00 bits per heavy atom. The van der Waals surface area contributed by atoms with Crippen molar-refractivity contribution in [2.45, 2.75) is 31.8 Å². The van der Waals surface area contributed by atoms with Crippen molar-refractivity contribution < 1.29 is 0 Å². The highest BCUT2D eigenvalue weighted by Crippen LogP contribution is 2.25. The number of anilines is 1. The fraction of sp³-hybridized carbons (Fsp3) is 0.438. The molecule has 0 amide bonds. The first-order chi connectivity index (χ1) is 9.24. The summed E-state index contributed by atoms with van der Waals surface area (Å²) in [7, 11) is 2.21. The summed E-state index contributed by atoms with van der Waals surface area (Å²) in [5, 5.41) is 4.93. The molecule has 3 rings (SSSR count). The summed E-state index contributed by atoms with van der Waals surface area (Å²) < 4.78 is 0. The lowest BCUT2D eigenvalue weighted by atomic mass is 9.98. The van der Waals surface area contributed by atoms with Crippen LogP contribution >= 0.6 is 0 Å². The first-order valence-corrected chi connectivity index (χ1v) is 7.04. The summed E-state index contributed by atoms with van der Waals surface area (Å²) in [6, 6.07) is 11.7. The lowest BCUT2D eigenvalue weighted by Gasteiger charge is -2.36. The minimum absolute atomic E-state index is 0.567. The Balaban J connectivity index is 1.82. The third-order valence-corrected chi connectivity index (χ3v) is 4.21. The molecule has 1 aromatic carbocycles. The van der Waals surface area contributed by atoms with Crippen LogP contribution in [0.2, 0.25) is 0 Å². The SMILES string of the molecule is CC1CC(Nc2cccc3ncccc23)CCN1C. The van der Waals surface area contributed by atoms with Gasteiger partial charge in [0.15, 0.2) is 0 Å². The molecule has 2 unspecified atom stereocenters. The van der Waals surface area contributed by atoms with Crippen molar-refractivity contribution >= 4 is 16.6 Å². The molecule has 2 atom stereocenters. The lowest BCUT2D eigenvalue weighted by molar-refractivity contribution is 0.190. The molecule has 1 N–H and O–H groups in total. The Hall–Kier alpha value is -1.61. The van der Waals surface area contributed by atoms with Gasteiger partial charge >= 0.3 is 0 Å². The van der Waals surface area contributed by atoms with Crippen molar-refractivity contribution in [2.24, 2.45) is 0 Å². The number of pyridine rings is 1. The maximum atomic E-state index is 4.41. The number of hydrogen-bond donors (Lipinski definition) is 1. The summed E-state index contributed by atoms with van der Waals surface area (Å²) >= 11 is 0. The van der Waals surface area contributed by atoms with Gasteiger partial charge in [0.05, 0.1) is 5.52 Å². The molecule has 100 valence electrons. The van der Waals surface area contributed by atoms with Crippen LogP contribution in [0, 0.1) is 0 Å². The molecule has 2 aromatic rings. The highest BCUT2D eigenvalue weighted by Gasteiger charge is 2.22. The molecule has 1 aliphatic heterocycles. The van der Waals surface area contributed by atoms with Gasteiger partial charge in [0.25, 0.3) is 0 Å². The van der Waals surface area contributed by atoms with Crippen LogP contribution in [0.3, 0.4) is 0 Å². The Morgan fingerprint density at radius 2 is 2.16 bits per heavy atom. The van der Waals surface area contributed by atoms with Gasteiger partial charge in [-0.3, -0.25) is 4.98 Å². The molecular weight excluding hydrogens is 234 g/mol. The standard InChI is InChI=1S/C16H21N3/c1-12-11-13(8-10-19(12)2)18-16-7-3-6-15-14(16)5-4-9-17-15/h3-7,9,12-13,18H,8,10-11H2,1-2H3. The summed E-state index contributed by atoms with van der Waals surface area (Å²) in [6.07, 6.45) is 4.26. The van der Waals surface area contributed by atoms with E-state index in [9.17, 15) is 0 Å². The molecule has 2 heterocycles. The van der Waals surface area contributed by atoms with Gasteiger partial charge in [-0.05, 0) is 51.1 Å². The number of likely N-dealkylation sites (tertiary alicyclic amines) is 1. The summed E-state index contributed by atoms with van der Waals surface area (Å²) in [5.41, 5.74) is 2.28. The van der Waals surface area contributed by atoms with Gasteiger partial charge in [-0.1, -0.05) is 6.07 Å². The zero-order chi connectivity index (χ0) is 13.2. The zero-order valence-electron chi connectivity index (χ0n) is 11.6. The van der Waals surface area contributed by atoms with E-state index in [2.05, 4.69) is 53.4 Å². The highest BCUT2D eigenvalue weighted by atomic mass is 15.1. The number of aromatic nitrogens is 1. The average molecular weight is 255 g/mol. The van der Waals surface area contributed by atoms with Crippen molar-refractivity contribution in [1.82, 2.24) is 9.88 Å². The molecule has 0 spiro atoms. The third kappa shape index (κ3) is 2.56. The monoisotopic (exact) mass is 255 g/mol. The van der Waals surface area contributed by atoms with Crippen LogP contribution in [-0.4, -0.2) is 35.6 Å². The average Bonchev–Trinajstić information content (AvgIpc) is 2.43. The van der Waals surface area contributed by atoms with Gasteiger partial charge in [-0.2, -0.15) is 0 Å². The summed E-state index contributed by atoms with van der Waals surface area (Å²) in [6.45, 7) is 3.47. The van der Waals surface area contributed by atoms with Crippen LogP contribution in [-0.2, 0) is 0 Å². The zero-order valence-corrected chi connectivity index (χ0v) is 11.6. The largest absolute Gasteiger partial charge is 0.382 e. The Morgan fingerprint density at radius 1 is 1.26 bits per heavy atom. The smallest absolute Gasteiger partial charge is 0.0722 e. The Bertz CT molecular complexity index is 561. The van der Waals surface area contributed by atoms with E-state index < -0.39 is 0 Å². The van der Waals surface area contributed by atoms with Crippen LogP contribution in [0.5, 0.6) is 0 Å². The van der Waals surface area contributed by atoms with Crippen molar-refractivity contribution in [3.63, 3.8) is 0 Å². The van der Waals surface area contributed by atoms with Crippen LogP contribution in [0.25, 0.3) is 10.9 Å². The van der Waals surface area contributed by atoms with Gasteiger partial charge in [0, 0.05) is 35.9 Å². The van der Waals surface area contributed by atoms with E-state index >= 15 is 0 Å². The van der Waals surface area contributed by atoms with E-state index in [1.165, 1.54) is 30.5 Å². The molecule has 3 heteroatoms. The minimum atomic E-state index is 0.567. The number of nitrogens with one attached hydrogen (secondary N) is 1. The predicted molar refractivity (Wildman–Crippen MR) is 80.5 cm³/mol. The van der Waals surface area contributed by atoms with E-state index in [1.54, 1.807) is 0 Å². The van der Waals surface area contributed by atoms with E-state index in [4.69, 9.17) is 0 Å². The van der Waals surface area contributed by atoms with Gasteiger partial charge in [-0.25, -0.2) is 0 Å². The number of fused-ring (bicyclic) bond motifs is 1. The normalized spacial score (nSPS) is 24.5. The van der Waals surface area contributed by atoms with E-state index in [1.807, 2.05) is 12.3 Å². The number of nitrogens with zero attached hydrogens (tertiary/aromatic N) is 2. The maximum Gasteiger partial charge on any atom is 0.0722 e. The van der Waals surface area contributed by atoms with Crippen LogP contribution in [0.4, 0.5) is 5.69 Å². The molecule has 1 aromatic heterocycles. The van der Waals surface area contributed by atoms with Crippen molar-refractivity contribution in [2.75, 3.05) is 18.9 Å². The topological polar surface area (TPSA) is 28.2 Å². The molecule has 1 aliphatic rings. The van der Waals surface area contributed by atoms with Crippen molar-refractivity contribution in [3.8, 4) is 0 Å². The van der Waals surface area contributed by atoms with Crippen LogP contribution in [0.1, 0.15) is 19.8 Å². The fourth-order valence-corrected chi connectivity index (χ4v) is 2.87. The van der Waals surface area contributed by atoms with E-state index in [0.717, 1.165) is 5.52 Å². The van der Waals surface area contributed by atoms with Gasteiger partial charge < -0.3 is 10.2 Å². The predicted octanol–water partition coefficient (Wildman–Crippen LogP) is 3.13. The summed E-state index contributed by atoms with van der Waals surface area (Å²) in [4.78, 5) is 6.85. The minimum Gasteiger partial charge on any atom is -0.382 e. The fourth-order valence-electron chi connectivity index (χ4n) is 2.87. The molecule has 0 bridgehead atoms. The van der Waals surface area contributed by atoms with E-state index in [-0.39, 0.29) is 0 Å². The van der Waals surface area contributed by atoms with Crippen molar-refractivity contribution in [1.29, 1.82) is 0 Å². The second-order valence-electron chi connectivity index (χ2n) is 5.57. The van der Waals surface area contributed by atoms with Crippen LogP contribution < -0.4 is 5.32 Å².